The number of carboxylic acid groups (broad SMARTS) is 1. The van der Waals surface area contributed by atoms with Crippen LogP contribution >= 0.6 is 11.6 Å². The number of carboxylic acids is 1. The number of benzene rings is 1. The minimum absolute atomic E-state index is 0.214. The highest BCUT2D eigenvalue weighted by molar-refractivity contribution is 6.33. The first kappa shape index (κ1) is 14.2. The number of halogens is 1. The minimum Gasteiger partial charge on any atom is -0.478 e. The number of rotatable bonds is 5. The molecule has 0 radical (unpaired) electrons. The van der Waals surface area contributed by atoms with E-state index in [2.05, 4.69) is 10.2 Å². The quantitative estimate of drug-likeness (QED) is 0.872. The molecule has 0 bridgehead atoms. The van der Waals surface area contributed by atoms with Crippen LogP contribution in [0.15, 0.2) is 18.2 Å². The summed E-state index contributed by atoms with van der Waals surface area (Å²) in [6, 6.07) is 4.77. The molecule has 2 rings (SSSR count). The second-order valence-electron chi connectivity index (χ2n) is 4.83. The van der Waals surface area contributed by atoms with Gasteiger partial charge in [-0.25, -0.2) is 4.79 Å². The molecule has 1 heterocycles. The van der Waals surface area contributed by atoms with Crippen molar-refractivity contribution in [3.05, 3.63) is 28.8 Å². The molecular weight excluding hydrogens is 264 g/mol. The lowest BCUT2D eigenvalue weighted by Gasteiger charge is -2.26. The van der Waals surface area contributed by atoms with E-state index in [1.54, 1.807) is 12.1 Å². The maximum Gasteiger partial charge on any atom is 0.335 e. The monoisotopic (exact) mass is 282 g/mol. The standard InChI is InChI=1S/C14H19ClN2O2/c15-12-10-11(14(18)19)4-5-13(12)16-6-9-17-7-2-1-3-8-17/h4-5,10,16H,1-3,6-9H2,(H,18,19). The van der Waals surface area contributed by atoms with Crippen LogP contribution in [0.25, 0.3) is 0 Å². The smallest absolute Gasteiger partial charge is 0.335 e. The highest BCUT2D eigenvalue weighted by atomic mass is 35.5. The number of anilines is 1. The van der Waals surface area contributed by atoms with Gasteiger partial charge >= 0.3 is 5.97 Å². The second-order valence-corrected chi connectivity index (χ2v) is 5.24. The van der Waals surface area contributed by atoms with Crippen LogP contribution in [0, 0.1) is 0 Å². The molecule has 0 unspecified atom stereocenters. The molecule has 0 atom stereocenters. The average molecular weight is 283 g/mol. The fourth-order valence-corrected chi connectivity index (χ4v) is 2.57. The van der Waals surface area contributed by atoms with Gasteiger partial charge in [-0.05, 0) is 44.1 Å². The van der Waals surface area contributed by atoms with Crippen LogP contribution in [0.3, 0.4) is 0 Å². The van der Waals surface area contributed by atoms with E-state index in [-0.39, 0.29) is 5.56 Å². The normalized spacial score (nSPS) is 16.3. The van der Waals surface area contributed by atoms with E-state index in [9.17, 15) is 4.79 Å². The fourth-order valence-electron chi connectivity index (χ4n) is 2.32. The van der Waals surface area contributed by atoms with Crippen molar-refractivity contribution in [2.45, 2.75) is 19.3 Å². The van der Waals surface area contributed by atoms with E-state index in [0.29, 0.717) is 5.02 Å². The first-order valence-corrected chi connectivity index (χ1v) is 7.03. The van der Waals surface area contributed by atoms with Crippen molar-refractivity contribution in [1.82, 2.24) is 4.90 Å². The third kappa shape index (κ3) is 4.11. The summed E-state index contributed by atoms with van der Waals surface area (Å²) in [5, 5.41) is 12.6. The summed E-state index contributed by atoms with van der Waals surface area (Å²) < 4.78 is 0. The molecule has 1 aromatic rings. The first-order chi connectivity index (χ1) is 9.16. The van der Waals surface area contributed by atoms with Gasteiger partial charge in [0.1, 0.15) is 0 Å². The molecule has 1 fully saturated rings. The Morgan fingerprint density at radius 1 is 1.32 bits per heavy atom. The number of likely N-dealkylation sites (tertiary alicyclic amines) is 1. The molecule has 0 aromatic heterocycles. The minimum atomic E-state index is -0.957. The Morgan fingerprint density at radius 2 is 2.05 bits per heavy atom. The number of piperidine rings is 1. The summed E-state index contributed by atoms with van der Waals surface area (Å²) in [7, 11) is 0. The molecule has 4 nitrogen and oxygen atoms in total. The summed E-state index contributed by atoms with van der Waals surface area (Å²) in [5.74, 6) is -0.957. The molecule has 5 heteroatoms. The van der Waals surface area contributed by atoms with E-state index in [4.69, 9.17) is 16.7 Å². The third-order valence-corrected chi connectivity index (χ3v) is 3.72. The summed E-state index contributed by atoms with van der Waals surface area (Å²) >= 11 is 6.06. The van der Waals surface area contributed by atoms with E-state index >= 15 is 0 Å². The van der Waals surface area contributed by atoms with E-state index in [0.717, 1.165) is 18.8 Å². The van der Waals surface area contributed by atoms with Crippen LogP contribution < -0.4 is 5.32 Å². The van der Waals surface area contributed by atoms with Gasteiger partial charge in [0.2, 0.25) is 0 Å². The number of hydrogen-bond donors (Lipinski definition) is 2. The number of carbonyl (C=O) groups is 1. The van der Waals surface area contributed by atoms with Gasteiger partial charge in [0, 0.05) is 13.1 Å². The number of hydrogen-bond acceptors (Lipinski definition) is 3. The molecule has 1 saturated heterocycles. The van der Waals surface area contributed by atoms with Gasteiger partial charge in [-0.15, -0.1) is 0 Å². The van der Waals surface area contributed by atoms with Crippen molar-refractivity contribution in [1.29, 1.82) is 0 Å². The van der Waals surface area contributed by atoms with Crippen molar-refractivity contribution < 1.29 is 9.90 Å². The van der Waals surface area contributed by atoms with Gasteiger partial charge in [0.15, 0.2) is 0 Å². The predicted molar refractivity (Wildman–Crippen MR) is 77.2 cm³/mol. The van der Waals surface area contributed by atoms with Gasteiger partial charge < -0.3 is 15.3 Å². The molecule has 0 spiro atoms. The van der Waals surface area contributed by atoms with Crippen molar-refractivity contribution >= 4 is 23.3 Å². The van der Waals surface area contributed by atoms with Crippen LogP contribution in [-0.2, 0) is 0 Å². The Morgan fingerprint density at radius 3 is 2.68 bits per heavy atom. The highest BCUT2D eigenvalue weighted by Gasteiger charge is 2.10. The van der Waals surface area contributed by atoms with Crippen LogP contribution in [0.2, 0.25) is 5.02 Å². The van der Waals surface area contributed by atoms with Gasteiger partial charge in [0.05, 0.1) is 16.3 Å². The second kappa shape index (κ2) is 6.78. The molecule has 104 valence electrons. The zero-order chi connectivity index (χ0) is 13.7. The van der Waals surface area contributed by atoms with Gasteiger partial charge in [-0.2, -0.15) is 0 Å². The van der Waals surface area contributed by atoms with Crippen LogP contribution in [-0.4, -0.2) is 42.2 Å². The Balaban J connectivity index is 1.83. The maximum atomic E-state index is 10.8. The van der Waals surface area contributed by atoms with Gasteiger partial charge in [-0.1, -0.05) is 18.0 Å². The number of aromatic carboxylic acids is 1. The lowest BCUT2D eigenvalue weighted by molar-refractivity contribution is 0.0697. The average Bonchev–Trinajstić information content (AvgIpc) is 2.41. The van der Waals surface area contributed by atoms with Crippen LogP contribution in [0.5, 0.6) is 0 Å². The van der Waals surface area contributed by atoms with Crippen molar-refractivity contribution in [3.8, 4) is 0 Å². The molecule has 1 aliphatic rings. The molecule has 1 aromatic carbocycles. The van der Waals surface area contributed by atoms with Gasteiger partial charge in [-0.3, -0.25) is 0 Å². The molecule has 2 N–H and O–H groups in total. The lowest BCUT2D eigenvalue weighted by atomic mass is 10.1. The predicted octanol–water partition coefficient (Wildman–Crippen LogP) is 2.94. The maximum absolute atomic E-state index is 10.8. The Kier molecular flexibility index (Phi) is 5.05. The zero-order valence-electron chi connectivity index (χ0n) is 10.9. The largest absolute Gasteiger partial charge is 0.478 e. The Hall–Kier alpha value is -1.26. The van der Waals surface area contributed by atoms with Crippen LogP contribution in [0.4, 0.5) is 5.69 Å². The Labute approximate surface area is 118 Å². The van der Waals surface area contributed by atoms with Crippen molar-refractivity contribution in [3.63, 3.8) is 0 Å². The molecule has 1 aliphatic heterocycles. The number of nitrogens with zero attached hydrogens (tertiary/aromatic N) is 1. The molecule has 0 amide bonds. The molecule has 0 saturated carbocycles. The molecule has 0 aliphatic carbocycles. The van der Waals surface area contributed by atoms with E-state index in [1.807, 2.05) is 0 Å². The topological polar surface area (TPSA) is 52.6 Å². The third-order valence-electron chi connectivity index (χ3n) is 3.41. The SMILES string of the molecule is O=C(O)c1ccc(NCCN2CCCCC2)c(Cl)c1. The molecular formula is C14H19ClN2O2. The fraction of sp³-hybridized carbons (Fsp3) is 0.500. The zero-order valence-corrected chi connectivity index (χ0v) is 11.6. The summed E-state index contributed by atoms with van der Waals surface area (Å²) in [6.07, 6.45) is 3.91. The van der Waals surface area contributed by atoms with Crippen molar-refractivity contribution in [2.75, 3.05) is 31.5 Å². The number of nitrogens with one attached hydrogen (secondary N) is 1. The van der Waals surface area contributed by atoms with E-state index in [1.165, 1.54) is 38.4 Å². The summed E-state index contributed by atoms with van der Waals surface area (Å²) in [5.41, 5.74) is 1.01. The van der Waals surface area contributed by atoms with E-state index < -0.39 is 5.97 Å². The first-order valence-electron chi connectivity index (χ1n) is 6.66. The van der Waals surface area contributed by atoms with Crippen molar-refractivity contribution in [2.24, 2.45) is 0 Å². The lowest BCUT2D eigenvalue weighted by Crippen LogP contribution is -2.33. The summed E-state index contributed by atoms with van der Waals surface area (Å²) in [6.45, 7) is 4.17. The molecule has 19 heavy (non-hydrogen) atoms. The summed E-state index contributed by atoms with van der Waals surface area (Å²) in [4.78, 5) is 13.2. The Bertz CT molecular complexity index is 445. The highest BCUT2D eigenvalue weighted by Crippen LogP contribution is 2.23. The van der Waals surface area contributed by atoms with Gasteiger partial charge in [0.25, 0.3) is 0 Å². The van der Waals surface area contributed by atoms with Crippen LogP contribution in [0.1, 0.15) is 29.6 Å².